The van der Waals surface area contributed by atoms with Gasteiger partial charge in [0.15, 0.2) is 17.7 Å². The first-order chi connectivity index (χ1) is 26.9. The van der Waals surface area contributed by atoms with Crippen LogP contribution in [0.15, 0.2) is 37.1 Å². The summed E-state index contributed by atoms with van der Waals surface area (Å²) in [6.45, 7) is 13.7. The summed E-state index contributed by atoms with van der Waals surface area (Å²) < 4.78 is 32.9. The Morgan fingerprint density at radius 1 is 1.09 bits per heavy atom. The molecule has 0 radical (unpaired) electrons. The van der Waals surface area contributed by atoms with Crippen molar-refractivity contribution in [3.8, 4) is 11.3 Å². The molecular weight excluding hydrogens is 736 g/mol. The van der Waals surface area contributed by atoms with Crippen molar-refractivity contribution >= 4 is 17.8 Å². The van der Waals surface area contributed by atoms with Gasteiger partial charge in [0.05, 0.1) is 48.5 Å². The van der Waals surface area contributed by atoms with E-state index in [1.165, 1.54) is 14.0 Å². The van der Waals surface area contributed by atoms with Crippen molar-refractivity contribution < 1.29 is 48.3 Å². The molecule has 3 aliphatic heterocycles. The number of aryl methyl sites for hydroxylation is 1. The average molecular weight is 801 g/mol. The van der Waals surface area contributed by atoms with Gasteiger partial charge < -0.3 is 48.7 Å². The van der Waals surface area contributed by atoms with E-state index in [2.05, 4.69) is 15.3 Å². The number of ketones is 1. The van der Waals surface area contributed by atoms with E-state index in [1.54, 1.807) is 49.5 Å². The number of likely N-dealkylation sites (N-methyl/N-ethyl adjacent to an activating group) is 1. The summed E-state index contributed by atoms with van der Waals surface area (Å²) in [5.74, 6) is -3.31. The van der Waals surface area contributed by atoms with Crippen LogP contribution in [-0.4, -0.2) is 153 Å². The number of fused-ring (bicyclic) bond motifs is 1. The quantitative estimate of drug-likeness (QED) is 0.171. The van der Waals surface area contributed by atoms with Gasteiger partial charge >= 0.3 is 12.1 Å². The Hall–Kier alpha value is -3.51. The topological polar surface area (TPSA) is 187 Å². The number of ether oxygens (including phenoxy) is 5. The number of carbonyl (C=O) groups excluding carboxylic acids is 3. The lowest BCUT2D eigenvalue weighted by molar-refractivity contribution is -0.295. The molecule has 0 saturated carbocycles. The lowest BCUT2D eigenvalue weighted by atomic mass is 9.78. The van der Waals surface area contributed by atoms with Crippen LogP contribution < -0.4 is 5.32 Å². The molecule has 0 aromatic carbocycles. The zero-order valence-electron chi connectivity index (χ0n) is 35.2. The number of nitrogens with one attached hydrogen (secondary N) is 1. The molecule has 0 unspecified atom stereocenters. The van der Waals surface area contributed by atoms with E-state index in [4.69, 9.17) is 23.7 Å². The van der Waals surface area contributed by atoms with Crippen molar-refractivity contribution in [2.75, 3.05) is 34.4 Å². The van der Waals surface area contributed by atoms with Gasteiger partial charge in [-0.3, -0.25) is 19.5 Å². The number of amides is 1. The summed E-state index contributed by atoms with van der Waals surface area (Å²) in [5, 5.41) is 25.6. The van der Waals surface area contributed by atoms with E-state index in [1.807, 2.05) is 57.5 Å². The van der Waals surface area contributed by atoms with E-state index in [0.29, 0.717) is 32.4 Å². The van der Waals surface area contributed by atoms with Crippen LogP contribution in [0, 0.1) is 11.8 Å². The number of aliphatic hydroxyl groups excluding tert-OH is 2. The summed E-state index contributed by atoms with van der Waals surface area (Å²) in [6, 6.07) is 1.98. The Bertz CT molecular complexity index is 1660. The SMILES string of the molecule is CC[C@H]1OC(=O)[C@H](C)C(=O)[C@H](C)[C@@H](O[C@@H]2OC[C@@H](O)[C@H](N(C)C)[C@H]2O)[C@@](C)(OC)C[C@@H](C)N[C@H](C)[C@H]2N(CCCCn3cnc(-c4cccnc4)c3)C(=O)O[C@]12C. The highest BCUT2D eigenvalue weighted by molar-refractivity contribution is 6.00. The third-order valence-electron chi connectivity index (χ3n) is 12.2. The Balaban J connectivity index is 1.40. The Morgan fingerprint density at radius 3 is 2.46 bits per heavy atom. The fourth-order valence-corrected chi connectivity index (χ4v) is 9.22. The number of hydrogen-bond acceptors (Lipinski definition) is 14. The lowest BCUT2D eigenvalue weighted by Crippen LogP contribution is -2.64. The zero-order chi connectivity index (χ0) is 41.8. The number of pyridine rings is 1. The van der Waals surface area contributed by atoms with Crippen LogP contribution in [0.2, 0.25) is 0 Å². The van der Waals surface area contributed by atoms with E-state index in [9.17, 15) is 24.6 Å². The second-order valence-electron chi connectivity index (χ2n) is 16.7. The van der Waals surface area contributed by atoms with Gasteiger partial charge in [-0.25, -0.2) is 9.78 Å². The highest BCUT2D eigenvalue weighted by atomic mass is 16.7. The number of carbonyl (C=O) groups is 3. The van der Waals surface area contributed by atoms with E-state index in [-0.39, 0.29) is 18.7 Å². The number of Topliss-reactive ketones (excluding diaryl/α,β-unsaturated/α-hetero) is 1. The van der Waals surface area contributed by atoms with Crippen molar-refractivity contribution in [3.05, 3.63) is 37.1 Å². The summed E-state index contributed by atoms with van der Waals surface area (Å²) in [5.41, 5.74) is -0.624. The molecule has 2 aromatic heterocycles. The Labute approximate surface area is 336 Å². The Morgan fingerprint density at radius 2 is 1.81 bits per heavy atom. The van der Waals surface area contributed by atoms with Gasteiger partial charge in [-0.15, -0.1) is 0 Å². The highest BCUT2D eigenvalue weighted by Gasteiger charge is 2.59. The lowest BCUT2D eigenvalue weighted by Gasteiger charge is -2.47. The van der Waals surface area contributed by atoms with Gasteiger partial charge in [0.1, 0.15) is 18.1 Å². The number of unbranched alkanes of at least 4 members (excludes halogenated alkanes) is 1. The zero-order valence-corrected chi connectivity index (χ0v) is 35.2. The molecule has 3 aliphatic rings. The average Bonchev–Trinajstić information content (AvgIpc) is 3.75. The van der Waals surface area contributed by atoms with Gasteiger partial charge in [0, 0.05) is 62.4 Å². The maximum absolute atomic E-state index is 14.2. The number of nitrogens with zero attached hydrogens (tertiary/aromatic N) is 5. The van der Waals surface area contributed by atoms with Gasteiger partial charge in [-0.1, -0.05) is 13.8 Å². The second-order valence-corrected chi connectivity index (χ2v) is 16.7. The molecule has 1 amide bonds. The standard InChI is InChI=1S/C41H64N6O10/c1-11-31-41(7)35(47(39(52)57-41)18-13-12-17-46-21-29(43-23-46)28-15-14-16-42-20-28)27(5)44-24(2)19-40(6,53-10)36(25(3)33(49)26(4)37(51)55-31)56-38-34(50)32(45(8)9)30(48)22-54-38/h14-16,20-21,23-27,30-32,34-36,38,44,48,50H,11-13,17-19,22H2,1-10H3/t24-,25+,26-,27-,30-,31-,32+,34-,35-,36-,38+,40+,41-/m1/s1. The van der Waals surface area contributed by atoms with Crippen molar-refractivity contribution in [2.24, 2.45) is 11.8 Å². The normalized spacial score (nSPS) is 37.1. The molecule has 5 rings (SSSR count). The molecule has 57 heavy (non-hydrogen) atoms. The predicted octanol–water partition coefficient (Wildman–Crippen LogP) is 3.04. The van der Waals surface area contributed by atoms with Crippen LogP contribution in [0.1, 0.15) is 74.1 Å². The molecule has 0 bridgehead atoms. The maximum atomic E-state index is 14.2. The molecule has 3 N–H and O–H groups in total. The van der Waals surface area contributed by atoms with Crippen LogP contribution in [0.25, 0.3) is 11.3 Å². The minimum Gasteiger partial charge on any atom is -0.458 e. The molecule has 16 heteroatoms. The first kappa shape index (κ1) is 44.6. The fraction of sp³-hybridized carbons (Fsp3) is 0.732. The number of hydrogen-bond donors (Lipinski definition) is 3. The van der Waals surface area contributed by atoms with Gasteiger partial charge in [-0.05, 0) is 86.5 Å². The van der Waals surface area contributed by atoms with E-state index < -0.39 is 83.7 Å². The minimum atomic E-state index is -1.25. The number of cyclic esters (lactones) is 1. The number of aromatic nitrogens is 3. The molecule has 3 fully saturated rings. The van der Waals surface area contributed by atoms with Crippen LogP contribution in [0.3, 0.4) is 0 Å². The van der Waals surface area contributed by atoms with E-state index in [0.717, 1.165) is 17.7 Å². The van der Waals surface area contributed by atoms with Crippen molar-refractivity contribution in [1.82, 2.24) is 29.7 Å². The third-order valence-corrected chi connectivity index (χ3v) is 12.2. The largest absolute Gasteiger partial charge is 0.458 e. The molecular formula is C41H64N6O10. The van der Waals surface area contributed by atoms with Gasteiger partial charge in [0.2, 0.25) is 0 Å². The second kappa shape index (κ2) is 18.6. The number of aliphatic hydroxyl groups is 2. The van der Waals surface area contributed by atoms with Crippen molar-refractivity contribution in [1.29, 1.82) is 0 Å². The maximum Gasteiger partial charge on any atom is 0.410 e. The molecule has 5 heterocycles. The third kappa shape index (κ3) is 9.53. The number of imidazole rings is 1. The molecule has 0 spiro atoms. The van der Waals surface area contributed by atoms with Crippen molar-refractivity contribution in [3.63, 3.8) is 0 Å². The Kier molecular flexibility index (Phi) is 14.6. The first-order valence-corrected chi connectivity index (χ1v) is 20.2. The number of methoxy groups -OCH3 is 1. The summed E-state index contributed by atoms with van der Waals surface area (Å²) >= 11 is 0. The van der Waals surface area contributed by atoms with Gasteiger partial charge in [-0.2, -0.15) is 0 Å². The fourth-order valence-electron chi connectivity index (χ4n) is 9.22. The predicted molar refractivity (Wildman–Crippen MR) is 210 cm³/mol. The molecule has 3 saturated heterocycles. The molecule has 13 atom stereocenters. The monoisotopic (exact) mass is 800 g/mol. The highest BCUT2D eigenvalue weighted by Crippen LogP contribution is 2.40. The molecule has 0 aliphatic carbocycles. The first-order valence-electron chi connectivity index (χ1n) is 20.2. The summed E-state index contributed by atoms with van der Waals surface area (Å²) in [7, 11) is 5.02. The van der Waals surface area contributed by atoms with E-state index >= 15 is 0 Å². The summed E-state index contributed by atoms with van der Waals surface area (Å²) in [4.78, 5) is 54.1. The molecule has 16 nitrogen and oxygen atoms in total. The van der Waals surface area contributed by atoms with Crippen molar-refractivity contribution in [2.45, 2.75) is 147 Å². The van der Waals surface area contributed by atoms with Crippen LogP contribution in [-0.2, 0) is 39.8 Å². The smallest absolute Gasteiger partial charge is 0.410 e. The minimum absolute atomic E-state index is 0.0892. The molecule has 2 aromatic rings. The molecule has 318 valence electrons. The van der Waals surface area contributed by atoms with Crippen LogP contribution in [0.5, 0.6) is 0 Å². The summed E-state index contributed by atoms with van der Waals surface area (Å²) in [6.07, 6.45) is 3.61. The van der Waals surface area contributed by atoms with Crippen LogP contribution >= 0.6 is 0 Å². The van der Waals surface area contributed by atoms with Gasteiger partial charge in [0.25, 0.3) is 0 Å². The van der Waals surface area contributed by atoms with Crippen LogP contribution in [0.4, 0.5) is 4.79 Å². The number of rotatable bonds is 11. The number of esters is 1.